The zero-order valence-corrected chi connectivity index (χ0v) is 16.6. The van der Waals surface area contributed by atoms with Gasteiger partial charge in [0.05, 0.1) is 5.56 Å². The van der Waals surface area contributed by atoms with Crippen molar-refractivity contribution in [2.45, 2.75) is 70.8 Å². The zero-order valence-electron chi connectivity index (χ0n) is 16.6. The molecule has 6 heteroatoms. The van der Waals surface area contributed by atoms with Gasteiger partial charge in [0.15, 0.2) is 5.78 Å². The Bertz CT molecular complexity index is 818. The highest BCUT2D eigenvalue weighted by molar-refractivity contribution is 5.98. The first-order chi connectivity index (χ1) is 13.2. The van der Waals surface area contributed by atoms with Crippen molar-refractivity contribution < 1.29 is 10.3 Å². The Balaban J connectivity index is 0.00000225. The molecule has 2 aliphatic rings. The van der Waals surface area contributed by atoms with Crippen molar-refractivity contribution in [2.75, 3.05) is 5.32 Å². The molecule has 0 aliphatic heterocycles. The number of carbonyl (C=O) groups is 1. The van der Waals surface area contributed by atoms with Crippen LogP contribution in [0.1, 0.15) is 72.8 Å². The smallest absolute Gasteiger partial charge is 0.165 e. The summed E-state index contributed by atoms with van der Waals surface area (Å²) in [5.41, 5.74) is 3.40. The lowest BCUT2D eigenvalue weighted by Gasteiger charge is -2.25. The van der Waals surface area contributed by atoms with Gasteiger partial charge in [-0.15, -0.1) is 0 Å². The predicted molar refractivity (Wildman–Crippen MR) is 110 cm³/mol. The van der Waals surface area contributed by atoms with Gasteiger partial charge in [0, 0.05) is 31.1 Å². The van der Waals surface area contributed by atoms with Gasteiger partial charge in [0.2, 0.25) is 0 Å². The van der Waals surface area contributed by atoms with Crippen LogP contribution in [0, 0.1) is 5.92 Å². The number of nitrogens with zero attached hydrogens (tertiary/aromatic N) is 3. The van der Waals surface area contributed by atoms with Crippen LogP contribution in [0.5, 0.6) is 0 Å². The van der Waals surface area contributed by atoms with E-state index in [1.165, 1.54) is 30.4 Å². The fraction of sp³-hybridized carbons (Fsp3) is 0.545. The van der Waals surface area contributed by atoms with Gasteiger partial charge in [-0.1, -0.05) is 19.3 Å². The van der Waals surface area contributed by atoms with E-state index in [1.807, 2.05) is 12.4 Å². The van der Waals surface area contributed by atoms with Crippen LogP contribution in [-0.2, 0) is 19.3 Å². The molecule has 2 aromatic rings. The molecule has 2 aromatic heterocycles. The maximum Gasteiger partial charge on any atom is 0.165 e. The van der Waals surface area contributed by atoms with Gasteiger partial charge < -0.3 is 10.8 Å². The molecule has 0 bridgehead atoms. The Hall–Kier alpha value is -2.34. The molecule has 4 rings (SSSR count). The van der Waals surface area contributed by atoms with Crippen molar-refractivity contribution in [3.8, 4) is 0 Å². The molecule has 0 radical (unpaired) electrons. The lowest BCUT2D eigenvalue weighted by atomic mass is 9.83. The molecule has 1 saturated carbocycles. The minimum Gasteiger partial charge on any atom is -0.412 e. The number of fused-ring (bicyclic) bond motifs is 1. The fourth-order valence-corrected chi connectivity index (χ4v) is 4.41. The quantitative estimate of drug-likeness (QED) is 0.800. The first kappa shape index (κ1) is 20.4. The highest BCUT2D eigenvalue weighted by Gasteiger charge is 2.22. The van der Waals surface area contributed by atoms with E-state index in [0.29, 0.717) is 17.5 Å². The fourth-order valence-electron chi connectivity index (χ4n) is 4.41. The Morgan fingerprint density at radius 2 is 1.96 bits per heavy atom. The summed E-state index contributed by atoms with van der Waals surface area (Å²) in [6.07, 6.45) is 15.9. The summed E-state index contributed by atoms with van der Waals surface area (Å²) in [7, 11) is 0. The molecule has 2 heterocycles. The third kappa shape index (κ3) is 4.73. The average molecular weight is 383 g/mol. The number of Topliss-reactive ketones (excluding diaryl/α,β-unsaturated/α-hetero) is 1. The van der Waals surface area contributed by atoms with Crippen molar-refractivity contribution in [3.05, 3.63) is 47.2 Å². The number of aromatic nitrogens is 3. The van der Waals surface area contributed by atoms with Gasteiger partial charge in [0.1, 0.15) is 11.6 Å². The molecule has 1 atom stereocenters. The average Bonchev–Trinajstić information content (AvgIpc) is 2.69. The topological polar surface area (TPSA) is 99.3 Å². The highest BCUT2D eigenvalue weighted by Crippen LogP contribution is 2.28. The summed E-state index contributed by atoms with van der Waals surface area (Å²) in [6, 6.07) is 2.56. The first-order valence-electron chi connectivity index (χ1n) is 10.2. The van der Waals surface area contributed by atoms with Crippen LogP contribution < -0.4 is 5.32 Å². The molecule has 28 heavy (non-hydrogen) atoms. The standard InChI is InChI=1S/C22H28N4O.H2O/c1-15(27)20-14-24-21(26-22(20)25-19-5-3-2-4-6-19)12-16-7-8-18-13-23-10-9-17(18)11-16;/h9-10,13-14,16,19H,2-8,11-12H2,1H3,(H,24,25,26);1H2/t16-;/m1./s1. The molecule has 3 N–H and O–H groups in total. The second kappa shape index (κ2) is 9.24. The molecule has 0 amide bonds. The van der Waals surface area contributed by atoms with Gasteiger partial charge in [0.25, 0.3) is 0 Å². The summed E-state index contributed by atoms with van der Waals surface area (Å²) in [4.78, 5) is 25.6. The van der Waals surface area contributed by atoms with Crippen molar-refractivity contribution in [3.63, 3.8) is 0 Å². The largest absolute Gasteiger partial charge is 0.412 e. The van der Waals surface area contributed by atoms with E-state index in [9.17, 15) is 4.79 Å². The molecule has 0 unspecified atom stereocenters. The number of anilines is 1. The number of rotatable bonds is 5. The summed E-state index contributed by atoms with van der Waals surface area (Å²) in [5.74, 6) is 2.16. The van der Waals surface area contributed by atoms with E-state index in [-0.39, 0.29) is 11.3 Å². The second-order valence-electron chi connectivity index (χ2n) is 8.04. The van der Waals surface area contributed by atoms with Crippen LogP contribution in [0.15, 0.2) is 24.7 Å². The van der Waals surface area contributed by atoms with Crippen LogP contribution in [-0.4, -0.2) is 32.3 Å². The number of pyridine rings is 1. The number of nitrogens with one attached hydrogen (secondary N) is 1. The molecule has 0 spiro atoms. The lowest BCUT2D eigenvalue weighted by molar-refractivity contribution is 0.101. The summed E-state index contributed by atoms with van der Waals surface area (Å²) < 4.78 is 0. The maximum absolute atomic E-state index is 12.0. The molecule has 150 valence electrons. The Kier molecular flexibility index (Phi) is 6.73. The van der Waals surface area contributed by atoms with Crippen LogP contribution in [0.3, 0.4) is 0 Å². The number of hydrogen-bond donors (Lipinski definition) is 1. The monoisotopic (exact) mass is 382 g/mol. The van der Waals surface area contributed by atoms with Gasteiger partial charge in [-0.05, 0) is 62.1 Å². The van der Waals surface area contributed by atoms with Crippen molar-refractivity contribution in [2.24, 2.45) is 5.92 Å². The van der Waals surface area contributed by atoms with E-state index < -0.39 is 0 Å². The van der Waals surface area contributed by atoms with E-state index >= 15 is 0 Å². The molecule has 0 saturated heterocycles. The van der Waals surface area contributed by atoms with Gasteiger partial charge >= 0.3 is 0 Å². The summed E-state index contributed by atoms with van der Waals surface area (Å²) >= 11 is 0. The number of hydrogen-bond acceptors (Lipinski definition) is 5. The molecule has 1 fully saturated rings. The zero-order chi connectivity index (χ0) is 18.6. The molecule has 2 aliphatic carbocycles. The number of carbonyl (C=O) groups excluding carboxylic acids is 1. The van der Waals surface area contributed by atoms with Gasteiger partial charge in [-0.25, -0.2) is 9.97 Å². The van der Waals surface area contributed by atoms with Gasteiger partial charge in [-0.3, -0.25) is 9.78 Å². The normalized spacial score (nSPS) is 19.4. The lowest BCUT2D eigenvalue weighted by Crippen LogP contribution is -2.25. The van der Waals surface area contributed by atoms with Crippen LogP contribution >= 0.6 is 0 Å². The Morgan fingerprint density at radius 3 is 2.75 bits per heavy atom. The third-order valence-electron chi connectivity index (χ3n) is 5.97. The Morgan fingerprint density at radius 1 is 1.14 bits per heavy atom. The predicted octanol–water partition coefficient (Wildman–Crippen LogP) is 3.34. The van der Waals surface area contributed by atoms with Gasteiger partial charge in [-0.2, -0.15) is 0 Å². The molecule has 6 nitrogen and oxygen atoms in total. The van der Waals surface area contributed by atoms with E-state index in [1.54, 1.807) is 13.1 Å². The van der Waals surface area contributed by atoms with Crippen LogP contribution in [0.4, 0.5) is 5.82 Å². The van der Waals surface area contributed by atoms with Crippen LogP contribution in [0.25, 0.3) is 0 Å². The number of ketones is 1. The number of aryl methyl sites for hydroxylation is 1. The summed E-state index contributed by atoms with van der Waals surface area (Å²) in [5, 5.41) is 3.54. The van der Waals surface area contributed by atoms with E-state index in [2.05, 4.69) is 21.4 Å². The minimum atomic E-state index is 0. The van der Waals surface area contributed by atoms with Crippen LogP contribution in [0.2, 0.25) is 0 Å². The third-order valence-corrected chi connectivity index (χ3v) is 5.97. The molecular formula is C22H30N4O2. The van der Waals surface area contributed by atoms with E-state index in [4.69, 9.17) is 4.98 Å². The summed E-state index contributed by atoms with van der Waals surface area (Å²) in [6.45, 7) is 1.59. The Labute approximate surface area is 166 Å². The van der Waals surface area contributed by atoms with E-state index in [0.717, 1.165) is 50.2 Å². The first-order valence-corrected chi connectivity index (χ1v) is 10.2. The maximum atomic E-state index is 12.0. The SMILES string of the molecule is CC(=O)c1cnc(C[C@@H]2CCc3cnccc3C2)nc1NC1CCCCC1.O. The van der Waals surface area contributed by atoms with Crippen molar-refractivity contribution >= 4 is 11.6 Å². The minimum absolute atomic E-state index is 0. The van der Waals surface area contributed by atoms with Crippen molar-refractivity contribution in [1.29, 1.82) is 0 Å². The second-order valence-corrected chi connectivity index (χ2v) is 8.04. The molecular weight excluding hydrogens is 352 g/mol. The van der Waals surface area contributed by atoms with Crippen molar-refractivity contribution in [1.82, 2.24) is 15.0 Å². The molecule has 0 aromatic carbocycles. The highest BCUT2D eigenvalue weighted by atomic mass is 16.1.